The molecule has 0 N–H and O–H groups in total. The minimum atomic E-state index is 1.05. The molecular weight excluding hydrogens is 234 g/mol. The van der Waals surface area contributed by atoms with Gasteiger partial charge in [-0.1, -0.05) is 28.1 Å². The van der Waals surface area contributed by atoms with Crippen molar-refractivity contribution in [3.05, 3.63) is 40.2 Å². The lowest BCUT2D eigenvalue weighted by atomic mass is 10.2. The van der Waals surface area contributed by atoms with Crippen LogP contribution in [0.1, 0.15) is 0 Å². The van der Waals surface area contributed by atoms with Crippen LogP contribution in [0, 0.1) is 0 Å². The predicted molar refractivity (Wildman–Crippen MR) is 55.3 cm³/mol. The summed E-state index contributed by atoms with van der Waals surface area (Å²) in [6.07, 6.45) is 0. The number of rotatable bonds is 1. The highest BCUT2D eigenvalue weighted by Gasteiger charge is 1.97. The summed E-state index contributed by atoms with van der Waals surface area (Å²) in [7, 11) is 0. The van der Waals surface area contributed by atoms with E-state index in [1.165, 1.54) is 17.1 Å². The van der Waals surface area contributed by atoms with E-state index in [0.29, 0.717) is 0 Å². The van der Waals surface area contributed by atoms with Crippen molar-refractivity contribution in [3.63, 3.8) is 0 Å². The molecule has 1 aromatic heterocycles. The summed E-state index contributed by atoms with van der Waals surface area (Å²) in [6.45, 7) is 0. The predicted octanol–water partition coefficient (Wildman–Crippen LogP) is 3.57. The van der Waals surface area contributed by atoms with Gasteiger partial charge < -0.3 is 0 Å². The molecule has 1 heterocycles. The summed E-state index contributed by atoms with van der Waals surface area (Å²) in [5, 5.41) is 1.98. The van der Waals surface area contributed by atoms with Crippen molar-refractivity contribution >= 4 is 27.5 Å². The van der Waals surface area contributed by atoms with Gasteiger partial charge in [0.25, 0.3) is 0 Å². The molecule has 0 atom stereocenters. The van der Waals surface area contributed by atoms with E-state index in [2.05, 4.69) is 32.4 Å². The maximum absolute atomic E-state index is 4.24. The zero-order valence-electron chi connectivity index (χ0n) is 6.20. The van der Waals surface area contributed by atoms with Crippen LogP contribution in [0.2, 0.25) is 0 Å². The summed E-state index contributed by atoms with van der Waals surface area (Å²) in [5.41, 5.74) is 2.21. The highest BCUT2D eigenvalue weighted by Crippen LogP contribution is 2.20. The molecule has 0 spiro atoms. The smallest absolute Gasteiger partial charge is 0.0840 e. The Hall–Kier alpha value is -0.670. The van der Waals surface area contributed by atoms with Gasteiger partial charge in [0, 0.05) is 15.4 Å². The quantitative estimate of drug-likeness (QED) is 0.742. The van der Waals surface area contributed by atoms with Gasteiger partial charge in [-0.25, -0.2) is 0 Å². The van der Waals surface area contributed by atoms with Crippen LogP contribution in [-0.2, 0) is 0 Å². The third-order valence-electron chi connectivity index (χ3n) is 1.58. The van der Waals surface area contributed by atoms with Crippen molar-refractivity contribution in [1.29, 1.82) is 0 Å². The normalized spacial score (nSPS) is 10.1. The van der Waals surface area contributed by atoms with E-state index in [-0.39, 0.29) is 0 Å². The first kappa shape index (κ1) is 7.95. The Morgan fingerprint density at radius 2 is 1.83 bits per heavy atom. The average Bonchev–Trinajstić information content (AvgIpc) is 2.58. The van der Waals surface area contributed by atoms with Crippen LogP contribution in [0.3, 0.4) is 0 Å². The molecule has 0 unspecified atom stereocenters. The number of nitrogens with zero attached hydrogens (tertiary/aromatic N) is 1. The molecule has 0 aliphatic carbocycles. The van der Waals surface area contributed by atoms with E-state index in [1.807, 2.05) is 23.6 Å². The SMILES string of the molecule is Brc1ccc(-c2ccsn2)cc1. The Balaban J connectivity index is 2.43. The summed E-state index contributed by atoms with van der Waals surface area (Å²) >= 11 is 4.87. The largest absolute Gasteiger partial charge is 0.193 e. The zero-order chi connectivity index (χ0) is 8.39. The number of hydrogen-bond acceptors (Lipinski definition) is 2. The summed E-state index contributed by atoms with van der Waals surface area (Å²) in [5.74, 6) is 0. The highest BCUT2D eigenvalue weighted by atomic mass is 79.9. The first-order valence-corrected chi connectivity index (χ1v) is 5.15. The van der Waals surface area contributed by atoms with E-state index >= 15 is 0 Å². The lowest BCUT2D eigenvalue weighted by Gasteiger charge is -1.94. The van der Waals surface area contributed by atoms with Crippen molar-refractivity contribution < 1.29 is 0 Å². The molecule has 0 radical (unpaired) electrons. The standard InChI is InChI=1S/C9H6BrNS/c10-8-3-1-7(2-4-8)9-5-6-12-11-9/h1-6H. The maximum atomic E-state index is 4.24. The van der Waals surface area contributed by atoms with Crippen molar-refractivity contribution in [2.45, 2.75) is 0 Å². The molecule has 0 aliphatic rings. The molecule has 3 heteroatoms. The fourth-order valence-corrected chi connectivity index (χ4v) is 1.78. The van der Waals surface area contributed by atoms with E-state index in [4.69, 9.17) is 0 Å². The summed E-state index contributed by atoms with van der Waals surface area (Å²) < 4.78 is 5.34. The minimum Gasteiger partial charge on any atom is -0.193 e. The van der Waals surface area contributed by atoms with Crippen LogP contribution in [0.5, 0.6) is 0 Å². The first-order chi connectivity index (χ1) is 5.86. The molecule has 2 aromatic rings. The Bertz CT molecular complexity index is 353. The first-order valence-electron chi connectivity index (χ1n) is 3.52. The number of aromatic nitrogens is 1. The van der Waals surface area contributed by atoms with Gasteiger partial charge in [-0.3, -0.25) is 0 Å². The van der Waals surface area contributed by atoms with Crippen molar-refractivity contribution in [2.75, 3.05) is 0 Å². The Kier molecular flexibility index (Phi) is 2.23. The molecule has 0 saturated heterocycles. The molecule has 0 aliphatic heterocycles. The third-order valence-corrected chi connectivity index (χ3v) is 2.67. The molecule has 0 saturated carbocycles. The molecule has 12 heavy (non-hydrogen) atoms. The van der Waals surface area contributed by atoms with E-state index < -0.39 is 0 Å². The second kappa shape index (κ2) is 3.37. The summed E-state index contributed by atoms with van der Waals surface area (Å²) in [4.78, 5) is 0. The number of halogens is 1. The van der Waals surface area contributed by atoms with Gasteiger partial charge in [-0.05, 0) is 29.7 Å². The number of hydrogen-bond donors (Lipinski definition) is 0. The van der Waals surface area contributed by atoms with E-state index in [0.717, 1.165) is 10.2 Å². The van der Waals surface area contributed by atoms with Crippen molar-refractivity contribution in [1.82, 2.24) is 4.37 Å². The molecule has 1 nitrogen and oxygen atoms in total. The average molecular weight is 240 g/mol. The molecule has 0 amide bonds. The topological polar surface area (TPSA) is 12.9 Å². The van der Waals surface area contributed by atoms with Crippen molar-refractivity contribution in [2.24, 2.45) is 0 Å². The van der Waals surface area contributed by atoms with Crippen LogP contribution < -0.4 is 0 Å². The summed E-state index contributed by atoms with van der Waals surface area (Å²) in [6, 6.07) is 10.2. The molecule has 2 rings (SSSR count). The fraction of sp³-hybridized carbons (Fsp3) is 0. The van der Waals surface area contributed by atoms with Gasteiger partial charge in [-0.15, -0.1) is 0 Å². The second-order valence-electron chi connectivity index (χ2n) is 2.39. The van der Waals surface area contributed by atoms with E-state index in [1.54, 1.807) is 0 Å². The molecular formula is C9H6BrNS. The van der Waals surface area contributed by atoms with E-state index in [9.17, 15) is 0 Å². The maximum Gasteiger partial charge on any atom is 0.0840 e. The van der Waals surface area contributed by atoms with Crippen LogP contribution in [0.25, 0.3) is 11.3 Å². The minimum absolute atomic E-state index is 1.05. The molecule has 60 valence electrons. The van der Waals surface area contributed by atoms with Gasteiger partial charge in [-0.2, -0.15) is 4.37 Å². The van der Waals surface area contributed by atoms with Gasteiger partial charge >= 0.3 is 0 Å². The van der Waals surface area contributed by atoms with Gasteiger partial charge in [0.2, 0.25) is 0 Å². The fourth-order valence-electron chi connectivity index (χ4n) is 0.982. The highest BCUT2D eigenvalue weighted by molar-refractivity contribution is 9.10. The number of benzene rings is 1. The Labute approximate surface area is 83.4 Å². The van der Waals surface area contributed by atoms with Crippen molar-refractivity contribution in [3.8, 4) is 11.3 Å². The van der Waals surface area contributed by atoms with Gasteiger partial charge in [0.15, 0.2) is 0 Å². The Morgan fingerprint density at radius 1 is 1.08 bits per heavy atom. The van der Waals surface area contributed by atoms with Crippen LogP contribution in [0.15, 0.2) is 40.2 Å². The van der Waals surface area contributed by atoms with Crippen LogP contribution in [0.4, 0.5) is 0 Å². The molecule has 0 fully saturated rings. The van der Waals surface area contributed by atoms with Gasteiger partial charge in [0.05, 0.1) is 5.69 Å². The lowest BCUT2D eigenvalue weighted by molar-refractivity contribution is 1.51. The molecule has 1 aromatic carbocycles. The zero-order valence-corrected chi connectivity index (χ0v) is 8.60. The van der Waals surface area contributed by atoms with Crippen LogP contribution >= 0.6 is 27.5 Å². The van der Waals surface area contributed by atoms with Gasteiger partial charge in [0.1, 0.15) is 0 Å². The molecule has 0 bridgehead atoms. The second-order valence-corrected chi connectivity index (χ2v) is 3.97. The Morgan fingerprint density at radius 3 is 2.42 bits per heavy atom. The monoisotopic (exact) mass is 239 g/mol. The van der Waals surface area contributed by atoms with Crippen LogP contribution in [-0.4, -0.2) is 4.37 Å². The third kappa shape index (κ3) is 1.57. The lowest BCUT2D eigenvalue weighted by Crippen LogP contribution is -1.74.